The van der Waals surface area contributed by atoms with Gasteiger partial charge in [-0.3, -0.25) is 9.48 Å². The lowest BCUT2D eigenvalue weighted by molar-refractivity contribution is -0.125. The average Bonchev–Trinajstić information content (AvgIpc) is 2.30. The fraction of sp³-hybridized carbons (Fsp3) is 0.636. The van der Waals surface area contributed by atoms with Crippen molar-refractivity contribution in [3.05, 3.63) is 16.4 Å². The molecule has 3 nitrogen and oxygen atoms in total. The molecule has 0 spiro atoms. The molecule has 1 aromatic rings. The minimum absolute atomic E-state index is 0.181. The number of hydrogen-bond donors (Lipinski definition) is 0. The minimum atomic E-state index is -0.328. The number of nitrogens with zero attached hydrogens (tertiary/aromatic N) is 2. The highest BCUT2D eigenvalue weighted by Gasteiger charge is 2.24. The highest BCUT2D eigenvalue weighted by Crippen LogP contribution is 2.24. The van der Waals surface area contributed by atoms with Crippen LogP contribution in [0.2, 0.25) is 5.15 Å². The van der Waals surface area contributed by atoms with E-state index in [1.165, 1.54) is 0 Å². The first-order chi connectivity index (χ1) is 6.73. The molecule has 0 radical (unpaired) electrons. The Bertz CT molecular complexity index is 388. The predicted molar refractivity (Wildman–Crippen MR) is 61.1 cm³/mol. The summed E-state index contributed by atoms with van der Waals surface area (Å²) in [5, 5.41) is 4.74. The Balaban J connectivity index is 2.95. The molecule has 0 fully saturated rings. The second-order valence-electron chi connectivity index (χ2n) is 4.83. The first kappa shape index (κ1) is 12.2. The molecule has 4 heteroatoms. The molecule has 0 saturated carbocycles. The Morgan fingerprint density at radius 3 is 2.33 bits per heavy atom. The third-order valence-corrected chi connectivity index (χ3v) is 2.92. The molecule has 0 aliphatic rings. The van der Waals surface area contributed by atoms with E-state index in [1.54, 1.807) is 11.7 Å². The van der Waals surface area contributed by atoms with Crippen molar-refractivity contribution in [3.8, 4) is 0 Å². The van der Waals surface area contributed by atoms with E-state index >= 15 is 0 Å². The summed E-state index contributed by atoms with van der Waals surface area (Å²) < 4.78 is 1.60. The third kappa shape index (κ3) is 2.59. The Labute approximate surface area is 95.4 Å². The van der Waals surface area contributed by atoms with E-state index in [9.17, 15) is 4.79 Å². The van der Waals surface area contributed by atoms with Crippen molar-refractivity contribution in [1.29, 1.82) is 0 Å². The summed E-state index contributed by atoms with van der Waals surface area (Å²) in [6.07, 6.45) is 0.363. The molecule has 1 rings (SSSR count). The van der Waals surface area contributed by atoms with Crippen LogP contribution in [0.5, 0.6) is 0 Å². The zero-order valence-corrected chi connectivity index (χ0v) is 10.6. The van der Waals surface area contributed by atoms with Gasteiger partial charge in [0.25, 0.3) is 0 Å². The molecule has 15 heavy (non-hydrogen) atoms. The molecule has 1 aromatic heterocycles. The van der Waals surface area contributed by atoms with Gasteiger partial charge in [-0.25, -0.2) is 0 Å². The summed E-state index contributed by atoms with van der Waals surface area (Å²) in [4.78, 5) is 11.9. The van der Waals surface area contributed by atoms with Crippen LogP contribution in [0.25, 0.3) is 0 Å². The summed E-state index contributed by atoms with van der Waals surface area (Å²) in [7, 11) is 1.78. The number of aromatic nitrogens is 2. The molecule has 0 aromatic carbocycles. The van der Waals surface area contributed by atoms with Gasteiger partial charge in [-0.05, 0) is 6.92 Å². The van der Waals surface area contributed by atoms with Crippen LogP contribution in [0.4, 0.5) is 0 Å². The van der Waals surface area contributed by atoms with E-state index < -0.39 is 0 Å². The molecule has 84 valence electrons. The minimum Gasteiger partial charge on any atom is -0.299 e. The van der Waals surface area contributed by atoms with Gasteiger partial charge in [0.1, 0.15) is 10.9 Å². The summed E-state index contributed by atoms with van der Waals surface area (Å²) in [5.74, 6) is 0.181. The summed E-state index contributed by atoms with van der Waals surface area (Å²) in [5.41, 5.74) is 1.35. The van der Waals surface area contributed by atoms with Gasteiger partial charge in [-0.2, -0.15) is 5.10 Å². The van der Waals surface area contributed by atoms with Crippen molar-refractivity contribution in [2.45, 2.75) is 34.1 Å². The summed E-state index contributed by atoms with van der Waals surface area (Å²) >= 11 is 6.06. The van der Waals surface area contributed by atoms with Crippen molar-refractivity contribution in [2.75, 3.05) is 0 Å². The molecule has 0 saturated heterocycles. The van der Waals surface area contributed by atoms with Gasteiger partial charge in [-0.15, -0.1) is 0 Å². The van der Waals surface area contributed by atoms with Crippen LogP contribution in [0.15, 0.2) is 0 Å². The van der Waals surface area contributed by atoms with Crippen LogP contribution in [-0.4, -0.2) is 15.6 Å². The van der Waals surface area contributed by atoms with E-state index in [4.69, 9.17) is 11.6 Å². The lowest BCUT2D eigenvalue weighted by atomic mass is 9.87. The SMILES string of the molecule is Cc1nn(C)c(Cl)c1CC(=O)C(C)(C)C. The van der Waals surface area contributed by atoms with Gasteiger partial charge in [0.15, 0.2) is 0 Å². The molecule has 0 atom stereocenters. The topological polar surface area (TPSA) is 34.9 Å². The van der Waals surface area contributed by atoms with Gasteiger partial charge in [-0.1, -0.05) is 32.4 Å². The van der Waals surface area contributed by atoms with E-state index in [0.29, 0.717) is 11.6 Å². The number of halogens is 1. The smallest absolute Gasteiger partial charge is 0.142 e. The fourth-order valence-electron chi connectivity index (χ4n) is 1.30. The predicted octanol–water partition coefficient (Wildman–Crippen LogP) is 2.54. The van der Waals surface area contributed by atoms with Crippen LogP contribution in [-0.2, 0) is 18.3 Å². The number of rotatable bonds is 2. The maximum absolute atomic E-state index is 11.9. The quantitative estimate of drug-likeness (QED) is 0.780. The van der Waals surface area contributed by atoms with Gasteiger partial charge in [0.2, 0.25) is 0 Å². The monoisotopic (exact) mass is 228 g/mol. The van der Waals surface area contributed by atoms with Gasteiger partial charge >= 0.3 is 0 Å². The van der Waals surface area contributed by atoms with Crippen molar-refractivity contribution >= 4 is 17.4 Å². The van der Waals surface area contributed by atoms with Crippen molar-refractivity contribution in [1.82, 2.24) is 9.78 Å². The number of Topliss-reactive ketones (excluding diaryl/α,β-unsaturated/α-hetero) is 1. The van der Waals surface area contributed by atoms with Crippen LogP contribution in [0.1, 0.15) is 32.0 Å². The number of ketones is 1. The van der Waals surface area contributed by atoms with Gasteiger partial charge in [0, 0.05) is 24.4 Å². The zero-order chi connectivity index (χ0) is 11.8. The van der Waals surface area contributed by atoms with Crippen LogP contribution in [0, 0.1) is 12.3 Å². The van der Waals surface area contributed by atoms with E-state index in [-0.39, 0.29) is 11.2 Å². The number of aryl methyl sites for hydroxylation is 2. The number of carbonyl (C=O) groups excluding carboxylic acids is 1. The van der Waals surface area contributed by atoms with Crippen LogP contribution >= 0.6 is 11.6 Å². The molecule has 0 bridgehead atoms. The molecule has 0 unspecified atom stereocenters. The van der Waals surface area contributed by atoms with Crippen LogP contribution in [0.3, 0.4) is 0 Å². The van der Waals surface area contributed by atoms with Crippen molar-refractivity contribution in [3.63, 3.8) is 0 Å². The molecule has 1 heterocycles. The number of carbonyl (C=O) groups is 1. The second-order valence-corrected chi connectivity index (χ2v) is 5.19. The van der Waals surface area contributed by atoms with Crippen molar-refractivity contribution < 1.29 is 4.79 Å². The normalized spacial score (nSPS) is 11.9. The first-order valence-electron chi connectivity index (χ1n) is 4.94. The van der Waals surface area contributed by atoms with Crippen LogP contribution < -0.4 is 0 Å². The van der Waals surface area contributed by atoms with Gasteiger partial charge < -0.3 is 0 Å². The Hall–Kier alpha value is -0.830. The molecular formula is C11H17ClN2O. The maximum atomic E-state index is 11.9. The zero-order valence-electron chi connectivity index (χ0n) is 9.89. The molecule has 0 aliphatic carbocycles. The average molecular weight is 229 g/mol. The van der Waals surface area contributed by atoms with Crippen molar-refractivity contribution in [2.24, 2.45) is 12.5 Å². The van der Waals surface area contributed by atoms with E-state index in [2.05, 4.69) is 5.10 Å². The lowest BCUT2D eigenvalue weighted by Crippen LogP contribution is -2.22. The Morgan fingerprint density at radius 2 is 2.00 bits per heavy atom. The molecule has 0 aliphatic heterocycles. The van der Waals surface area contributed by atoms with E-state index in [1.807, 2.05) is 27.7 Å². The maximum Gasteiger partial charge on any atom is 0.142 e. The Morgan fingerprint density at radius 1 is 1.47 bits per heavy atom. The second kappa shape index (κ2) is 3.97. The standard InChI is InChI=1S/C11H17ClN2O/c1-7-8(10(12)14(5)13-7)6-9(15)11(2,3)4/h6H2,1-5H3. The largest absolute Gasteiger partial charge is 0.299 e. The van der Waals surface area contributed by atoms with Gasteiger partial charge in [0.05, 0.1) is 5.69 Å². The summed E-state index contributed by atoms with van der Waals surface area (Å²) in [6.45, 7) is 7.61. The first-order valence-corrected chi connectivity index (χ1v) is 5.32. The summed E-state index contributed by atoms with van der Waals surface area (Å²) in [6, 6.07) is 0. The van der Waals surface area contributed by atoms with E-state index in [0.717, 1.165) is 11.3 Å². The highest BCUT2D eigenvalue weighted by atomic mass is 35.5. The molecule has 0 N–H and O–H groups in total. The fourth-order valence-corrected chi connectivity index (χ4v) is 1.54. The third-order valence-electron chi connectivity index (χ3n) is 2.44. The lowest BCUT2D eigenvalue weighted by Gasteiger charge is -2.16. The molecular weight excluding hydrogens is 212 g/mol. The number of hydrogen-bond acceptors (Lipinski definition) is 2. The highest BCUT2D eigenvalue weighted by molar-refractivity contribution is 6.30. The Kier molecular flexibility index (Phi) is 3.24. The molecule has 0 amide bonds.